The first-order valence-electron chi connectivity index (χ1n) is 3.71. The minimum Gasteiger partial charge on any atom is -0.409 e. The highest BCUT2D eigenvalue weighted by Gasteiger charge is 2.34. The van der Waals surface area contributed by atoms with Crippen LogP contribution in [0.3, 0.4) is 0 Å². The van der Waals surface area contributed by atoms with Crippen molar-refractivity contribution in [2.45, 2.75) is 6.18 Å². The Kier molecular flexibility index (Phi) is 2.83. The smallest absolute Gasteiger partial charge is 0.409 e. The summed E-state index contributed by atoms with van der Waals surface area (Å²) in [7, 11) is 0. The number of nitrogens with zero attached hydrogens (tertiary/aromatic N) is 1. The summed E-state index contributed by atoms with van der Waals surface area (Å²) in [6.45, 7) is 0. The summed E-state index contributed by atoms with van der Waals surface area (Å²) >= 11 is 0. The van der Waals surface area contributed by atoms with Gasteiger partial charge in [-0.1, -0.05) is 5.16 Å². The molecule has 3 nitrogen and oxygen atoms in total. The molecule has 0 aromatic heterocycles. The van der Waals surface area contributed by atoms with Crippen LogP contribution in [0.15, 0.2) is 23.4 Å². The van der Waals surface area contributed by atoms with Gasteiger partial charge in [0.05, 0.1) is 5.56 Å². The number of rotatable bonds is 1. The van der Waals surface area contributed by atoms with Crippen LogP contribution in [0, 0.1) is 5.82 Å². The molecule has 82 valence electrons. The molecule has 0 bridgehead atoms. The van der Waals surface area contributed by atoms with Gasteiger partial charge in [0.1, 0.15) is 5.82 Å². The Labute approximate surface area is 81.8 Å². The highest BCUT2D eigenvalue weighted by Crippen LogP contribution is 2.32. The fourth-order valence-electron chi connectivity index (χ4n) is 1.03. The lowest BCUT2D eigenvalue weighted by atomic mass is 10.1. The number of oxime groups is 1. The number of alkyl halides is 3. The van der Waals surface area contributed by atoms with Crippen molar-refractivity contribution < 1.29 is 22.8 Å². The number of amidine groups is 1. The zero-order valence-corrected chi connectivity index (χ0v) is 7.22. The van der Waals surface area contributed by atoms with Gasteiger partial charge in [0, 0.05) is 5.56 Å². The quantitative estimate of drug-likeness (QED) is 0.251. The molecule has 1 aromatic rings. The Bertz CT molecular complexity index is 400. The maximum absolute atomic E-state index is 12.6. The lowest BCUT2D eigenvalue weighted by molar-refractivity contribution is -0.137. The molecule has 0 atom stereocenters. The average Bonchev–Trinajstić information content (AvgIpc) is 2.15. The summed E-state index contributed by atoms with van der Waals surface area (Å²) < 4.78 is 49.7. The van der Waals surface area contributed by atoms with E-state index in [1.807, 2.05) is 0 Å². The minimum absolute atomic E-state index is 0.285. The second kappa shape index (κ2) is 3.76. The Balaban J connectivity index is 3.40. The second-order valence-electron chi connectivity index (χ2n) is 2.67. The van der Waals surface area contributed by atoms with Gasteiger partial charge in [-0.05, 0) is 18.2 Å². The van der Waals surface area contributed by atoms with Gasteiger partial charge in [0.2, 0.25) is 0 Å². The fraction of sp³-hybridized carbons (Fsp3) is 0.125. The van der Waals surface area contributed by atoms with E-state index in [9.17, 15) is 17.6 Å². The van der Waals surface area contributed by atoms with Crippen molar-refractivity contribution in [2.24, 2.45) is 10.9 Å². The molecule has 0 aliphatic rings. The zero-order valence-electron chi connectivity index (χ0n) is 7.22. The van der Waals surface area contributed by atoms with Gasteiger partial charge >= 0.3 is 6.18 Å². The molecule has 0 aliphatic carbocycles. The van der Waals surface area contributed by atoms with E-state index in [4.69, 9.17) is 10.9 Å². The molecule has 3 N–H and O–H groups in total. The van der Waals surface area contributed by atoms with Gasteiger partial charge in [-0.25, -0.2) is 4.39 Å². The molecule has 1 rings (SSSR count). The van der Waals surface area contributed by atoms with E-state index in [0.29, 0.717) is 0 Å². The van der Waals surface area contributed by atoms with Crippen molar-refractivity contribution in [1.82, 2.24) is 0 Å². The van der Waals surface area contributed by atoms with Gasteiger partial charge in [0.25, 0.3) is 0 Å². The molecule has 0 radical (unpaired) electrons. The third-order valence-corrected chi connectivity index (χ3v) is 1.67. The number of halogens is 4. The van der Waals surface area contributed by atoms with Gasteiger partial charge in [-0.3, -0.25) is 0 Å². The highest BCUT2D eigenvalue weighted by molar-refractivity contribution is 5.98. The monoisotopic (exact) mass is 222 g/mol. The lowest BCUT2D eigenvalue weighted by Crippen LogP contribution is -2.20. The first-order valence-corrected chi connectivity index (χ1v) is 3.71. The Morgan fingerprint density at radius 3 is 2.40 bits per heavy atom. The molecule has 7 heteroatoms. The van der Waals surface area contributed by atoms with E-state index >= 15 is 0 Å². The van der Waals surface area contributed by atoms with Crippen LogP contribution in [0.25, 0.3) is 0 Å². The third-order valence-electron chi connectivity index (χ3n) is 1.67. The molecule has 0 spiro atoms. The molecule has 15 heavy (non-hydrogen) atoms. The number of hydrogen-bond donors (Lipinski definition) is 2. The van der Waals surface area contributed by atoms with Gasteiger partial charge in [-0.2, -0.15) is 13.2 Å². The second-order valence-corrected chi connectivity index (χ2v) is 2.67. The predicted molar refractivity (Wildman–Crippen MR) is 43.9 cm³/mol. The maximum Gasteiger partial charge on any atom is 0.417 e. The maximum atomic E-state index is 12.6. The lowest BCUT2D eigenvalue weighted by Gasteiger charge is -2.11. The molecule has 0 fully saturated rings. The SMILES string of the molecule is N/C(=N/O)c1ccc(F)cc1C(F)(F)F. The number of nitrogens with two attached hydrogens (primary N) is 1. The van der Waals surface area contributed by atoms with Crippen molar-refractivity contribution in [2.75, 3.05) is 0 Å². The molecule has 0 saturated heterocycles. The van der Waals surface area contributed by atoms with Crippen molar-refractivity contribution in [1.29, 1.82) is 0 Å². The third kappa shape index (κ3) is 2.36. The van der Waals surface area contributed by atoms with Crippen LogP contribution in [0.4, 0.5) is 17.6 Å². The molecule has 0 aliphatic heterocycles. The minimum atomic E-state index is -4.76. The summed E-state index contributed by atoms with van der Waals surface area (Å²) in [5.41, 5.74) is 3.18. The Hall–Kier alpha value is -1.79. The topological polar surface area (TPSA) is 58.6 Å². The summed E-state index contributed by atoms with van der Waals surface area (Å²) in [5, 5.41) is 10.7. The van der Waals surface area contributed by atoms with Crippen LogP contribution in [-0.4, -0.2) is 11.0 Å². The predicted octanol–water partition coefficient (Wildman–Crippen LogP) is 1.94. The number of benzene rings is 1. The van der Waals surface area contributed by atoms with Crippen molar-refractivity contribution in [3.05, 3.63) is 35.1 Å². The van der Waals surface area contributed by atoms with E-state index in [2.05, 4.69) is 5.16 Å². The molecular weight excluding hydrogens is 216 g/mol. The van der Waals surface area contributed by atoms with E-state index in [1.54, 1.807) is 0 Å². The largest absolute Gasteiger partial charge is 0.417 e. The first-order chi connectivity index (χ1) is 6.86. The van der Waals surface area contributed by atoms with E-state index < -0.39 is 29.0 Å². The van der Waals surface area contributed by atoms with Crippen LogP contribution in [0.2, 0.25) is 0 Å². The molecule has 0 heterocycles. The van der Waals surface area contributed by atoms with Crippen molar-refractivity contribution >= 4 is 5.84 Å². The summed E-state index contributed by atoms with van der Waals surface area (Å²) in [6.07, 6.45) is -4.76. The summed E-state index contributed by atoms with van der Waals surface area (Å²) in [4.78, 5) is 0. The summed E-state index contributed by atoms with van der Waals surface area (Å²) in [5.74, 6) is -1.76. The molecule has 1 aromatic carbocycles. The normalized spacial score (nSPS) is 12.9. The van der Waals surface area contributed by atoms with Crippen LogP contribution >= 0.6 is 0 Å². The summed E-state index contributed by atoms with van der Waals surface area (Å²) in [6, 6.07) is 1.88. The first kappa shape index (κ1) is 11.3. The van der Waals surface area contributed by atoms with Gasteiger partial charge in [0.15, 0.2) is 5.84 Å². The van der Waals surface area contributed by atoms with Crippen LogP contribution < -0.4 is 5.73 Å². The van der Waals surface area contributed by atoms with E-state index in [-0.39, 0.29) is 6.07 Å². The Morgan fingerprint density at radius 2 is 1.93 bits per heavy atom. The number of hydrogen-bond acceptors (Lipinski definition) is 2. The van der Waals surface area contributed by atoms with E-state index in [1.165, 1.54) is 0 Å². The van der Waals surface area contributed by atoms with E-state index in [0.717, 1.165) is 12.1 Å². The van der Waals surface area contributed by atoms with Gasteiger partial charge < -0.3 is 10.9 Å². The average molecular weight is 222 g/mol. The van der Waals surface area contributed by atoms with Crippen molar-refractivity contribution in [3.8, 4) is 0 Å². The van der Waals surface area contributed by atoms with Crippen LogP contribution in [-0.2, 0) is 6.18 Å². The molecule has 0 amide bonds. The fourth-order valence-corrected chi connectivity index (χ4v) is 1.03. The molecule has 0 saturated carbocycles. The molecule has 0 unspecified atom stereocenters. The standard InChI is InChI=1S/C8H6F4N2O/c9-4-1-2-5(7(13)14-15)6(3-4)8(10,11)12/h1-3,15H,(H2,13,14). The van der Waals surface area contributed by atoms with Crippen molar-refractivity contribution in [3.63, 3.8) is 0 Å². The van der Waals surface area contributed by atoms with Crippen LogP contribution in [0.5, 0.6) is 0 Å². The highest BCUT2D eigenvalue weighted by atomic mass is 19.4. The van der Waals surface area contributed by atoms with Crippen LogP contribution in [0.1, 0.15) is 11.1 Å². The molecular formula is C8H6F4N2O. The van der Waals surface area contributed by atoms with Gasteiger partial charge in [-0.15, -0.1) is 0 Å². The Morgan fingerprint density at radius 1 is 1.33 bits per heavy atom. The zero-order chi connectivity index (χ0) is 11.6.